The van der Waals surface area contributed by atoms with Crippen LogP contribution in [-0.2, 0) is 35.1 Å². The van der Waals surface area contributed by atoms with E-state index in [1.165, 1.54) is 9.80 Å². The lowest BCUT2D eigenvalue weighted by molar-refractivity contribution is -0.180. The molecular weight excluding hydrogens is 446 g/mol. The lowest BCUT2D eigenvalue weighted by atomic mass is 9.93. The molecule has 184 valence electrons. The summed E-state index contributed by atoms with van der Waals surface area (Å²) in [7, 11) is 2.09. The summed E-state index contributed by atoms with van der Waals surface area (Å²) in [5, 5.41) is 0. The van der Waals surface area contributed by atoms with Crippen LogP contribution in [0.1, 0.15) is 36.7 Å². The zero-order chi connectivity index (χ0) is 25.3. The molecule has 0 aromatic heterocycles. The maximum absolute atomic E-state index is 13.8. The Morgan fingerprint density at radius 3 is 1.94 bits per heavy atom. The highest BCUT2D eigenvalue weighted by molar-refractivity contribution is 6.28. The van der Waals surface area contributed by atoms with Crippen LogP contribution in [0.4, 0.5) is 4.79 Å². The molecule has 0 bridgehead atoms. The van der Waals surface area contributed by atoms with E-state index in [2.05, 4.69) is 0 Å². The van der Waals surface area contributed by atoms with Crippen LogP contribution in [-0.4, -0.2) is 96.1 Å². The largest absolute Gasteiger partial charge is 0.467 e. The number of amides is 3. The molecule has 0 N–H and O–H groups in total. The molecule has 2 heterocycles. The lowest BCUT2D eigenvalue weighted by Gasteiger charge is -2.43. The molecule has 0 aliphatic carbocycles. The van der Waals surface area contributed by atoms with E-state index in [1.54, 1.807) is 45.0 Å². The zero-order valence-corrected chi connectivity index (χ0v) is 20.0. The molecule has 1 fully saturated rings. The summed E-state index contributed by atoms with van der Waals surface area (Å²) in [6.45, 7) is 5.20. The highest BCUT2D eigenvalue weighted by Crippen LogP contribution is 2.30. The molecule has 1 aromatic rings. The second-order valence-corrected chi connectivity index (χ2v) is 9.00. The molecule has 0 radical (unpaired) electrons. The average Bonchev–Trinajstić information content (AvgIpc) is 3.14. The molecule has 0 spiro atoms. The molecule has 1 saturated heterocycles. The van der Waals surface area contributed by atoms with Gasteiger partial charge in [0.25, 0.3) is 17.4 Å². The van der Waals surface area contributed by atoms with Crippen LogP contribution in [0.3, 0.4) is 0 Å². The molecule has 3 amide bonds. The monoisotopic (exact) mass is 475 g/mol. The summed E-state index contributed by atoms with van der Waals surface area (Å²) in [6, 6.07) is 6.65. The van der Waals surface area contributed by atoms with Crippen molar-refractivity contribution in [3.8, 4) is 0 Å². The Bertz CT molecular complexity index is 992. The third kappa shape index (κ3) is 4.35. The van der Waals surface area contributed by atoms with Crippen LogP contribution >= 0.6 is 0 Å². The van der Waals surface area contributed by atoms with E-state index in [9.17, 15) is 24.0 Å². The minimum absolute atomic E-state index is 0.0375. The van der Waals surface area contributed by atoms with Crippen molar-refractivity contribution < 1.29 is 38.2 Å². The number of carbonyl (C=O) groups excluding carboxylic acids is 5. The molecule has 11 nitrogen and oxygen atoms in total. The molecule has 1 aromatic carbocycles. The van der Waals surface area contributed by atoms with Gasteiger partial charge in [-0.15, -0.1) is 0 Å². The van der Waals surface area contributed by atoms with Crippen molar-refractivity contribution in [3.05, 3.63) is 35.4 Å². The Hall–Kier alpha value is -3.47. The van der Waals surface area contributed by atoms with Gasteiger partial charge in [0.1, 0.15) is 5.60 Å². The van der Waals surface area contributed by atoms with Gasteiger partial charge in [0.05, 0.1) is 20.8 Å². The Morgan fingerprint density at radius 2 is 1.44 bits per heavy atom. The first kappa shape index (κ1) is 25.2. The number of imide groups is 1. The summed E-state index contributed by atoms with van der Waals surface area (Å²) in [5.74, 6) is -4.01. The third-order valence-electron chi connectivity index (χ3n) is 5.74. The molecule has 0 atom stereocenters. The Balaban J connectivity index is 1.93. The number of ether oxygens (including phenoxy) is 3. The second kappa shape index (κ2) is 9.41. The van der Waals surface area contributed by atoms with Crippen LogP contribution in [0.2, 0.25) is 0 Å². The number of esters is 2. The molecule has 11 heteroatoms. The average molecular weight is 475 g/mol. The standard InChI is InChI=1S/C23H29N3O8/c1-22(2,3)34-21(31)24-10-12-25(13-11-24)23(19(29)32-4,20(30)33-5)18(28)26-14-15-8-6-7-9-16(15)17(26)27/h6-9H,10-14H2,1-5H3. The summed E-state index contributed by atoms with van der Waals surface area (Å²) >= 11 is 0. The van der Waals surface area contributed by atoms with E-state index in [0.717, 1.165) is 19.1 Å². The summed E-state index contributed by atoms with van der Waals surface area (Å²) in [5.41, 5.74) is -2.33. The Morgan fingerprint density at radius 1 is 0.882 bits per heavy atom. The number of carbonyl (C=O) groups is 5. The SMILES string of the molecule is COC(=O)C(C(=O)OC)(C(=O)N1Cc2ccccc2C1=O)N1CCN(C(=O)OC(C)(C)C)CC1. The molecule has 0 saturated carbocycles. The van der Waals surface area contributed by atoms with Gasteiger partial charge in [-0.05, 0) is 32.4 Å². The minimum atomic E-state index is -2.54. The number of rotatable bonds is 4. The van der Waals surface area contributed by atoms with Gasteiger partial charge in [-0.25, -0.2) is 14.4 Å². The van der Waals surface area contributed by atoms with Gasteiger partial charge >= 0.3 is 18.0 Å². The molecular formula is C23H29N3O8. The van der Waals surface area contributed by atoms with Crippen molar-refractivity contribution in [2.45, 2.75) is 38.5 Å². The van der Waals surface area contributed by atoms with Crippen LogP contribution in [0.5, 0.6) is 0 Å². The van der Waals surface area contributed by atoms with E-state index in [0.29, 0.717) is 11.1 Å². The van der Waals surface area contributed by atoms with Gasteiger partial charge in [0, 0.05) is 31.7 Å². The quantitative estimate of drug-likeness (QED) is 0.353. The van der Waals surface area contributed by atoms with Gasteiger partial charge < -0.3 is 19.1 Å². The Labute approximate surface area is 197 Å². The van der Waals surface area contributed by atoms with Gasteiger partial charge in [0.15, 0.2) is 0 Å². The fraction of sp³-hybridized carbons (Fsp3) is 0.522. The number of nitrogens with zero attached hydrogens (tertiary/aromatic N) is 3. The van der Waals surface area contributed by atoms with Crippen molar-refractivity contribution in [2.75, 3.05) is 40.4 Å². The second-order valence-electron chi connectivity index (χ2n) is 9.00. The number of methoxy groups -OCH3 is 2. The van der Waals surface area contributed by atoms with Crippen molar-refractivity contribution in [1.82, 2.24) is 14.7 Å². The zero-order valence-electron chi connectivity index (χ0n) is 20.0. The normalized spacial score (nSPS) is 16.7. The van der Waals surface area contributed by atoms with E-state index in [1.807, 2.05) is 0 Å². The van der Waals surface area contributed by atoms with Gasteiger partial charge in [-0.2, -0.15) is 0 Å². The number of fused-ring (bicyclic) bond motifs is 1. The first-order valence-electron chi connectivity index (χ1n) is 10.8. The summed E-state index contributed by atoms with van der Waals surface area (Å²) in [4.78, 5) is 69.0. The van der Waals surface area contributed by atoms with E-state index in [4.69, 9.17) is 14.2 Å². The number of piperazine rings is 1. The van der Waals surface area contributed by atoms with E-state index in [-0.39, 0.29) is 32.7 Å². The molecule has 2 aliphatic heterocycles. The third-order valence-corrected chi connectivity index (χ3v) is 5.74. The highest BCUT2D eigenvalue weighted by atomic mass is 16.6. The van der Waals surface area contributed by atoms with E-state index >= 15 is 0 Å². The van der Waals surface area contributed by atoms with Crippen molar-refractivity contribution in [1.29, 1.82) is 0 Å². The summed E-state index contributed by atoms with van der Waals surface area (Å²) in [6.07, 6.45) is -0.551. The summed E-state index contributed by atoms with van der Waals surface area (Å²) < 4.78 is 15.1. The minimum Gasteiger partial charge on any atom is -0.467 e. The number of benzene rings is 1. The number of hydrogen-bond acceptors (Lipinski definition) is 9. The molecule has 3 rings (SSSR count). The van der Waals surface area contributed by atoms with Gasteiger partial charge in [-0.3, -0.25) is 19.4 Å². The molecule has 0 unspecified atom stereocenters. The predicted molar refractivity (Wildman–Crippen MR) is 117 cm³/mol. The molecule has 2 aliphatic rings. The van der Waals surface area contributed by atoms with Crippen molar-refractivity contribution in [3.63, 3.8) is 0 Å². The lowest BCUT2D eigenvalue weighted by Crippen LogP contribution is -2.72. The maximum atomic E-state index is 13.8. The van der Waals surface area contributed by atoms with Crippen LogP contribution < -0.4 is 0 Å². The predicted octanol–water partition coefficient (Wildman–Crippen LogP) is 0.806. The Kier molecular flexibility index (Phi) is 6.97. The first-order chi connectivity index (χ1) is 16.0. The fourth-order valence-electron chi connectivity index (χ4n) is 4.11. The van der Waals surface area contributed by atoms with Gasteiger partial charge in [-0.1, -0.05) is 18.2 Å². The van der Waals surface area contributed by atoms with Crippen LogP contribution in [0.15, 0.2) is 24.3 Å². The maximum Gasteiger partial charge on any atom is 0.410 e. The smallest absolute Gasteiger partial charge is 0.410 e. The van der Waals surface area contributed by atoms with Crippen molar-refractivity contribution in [2.24, 2.45) is 0 Å². The van der Waals surface area contributed by atoms with Crippen molar-refractivity contribution >= 4 is 29.8 Å². The molecule has 34 heavy (non-hydrogen) atoms. The highest BCUT2D eigenvalue weighted by Gasteiger charge is 2.63. The van der Waals surface area contributed by atoms with E-state index < -0.39 is 41.0 Å². The van der Waals surface area contributed by atoms with Crippen LogP contribution in [0, 0.1) is 0 Å². The fourth-order valence-corrected chi connectivity index (χ4v) is 4.11. The first-order valence-corrected chi connectivity index (χ1v) is 10.8. The van der Waals surface area contributed by atoms with Crippen LogP contribution in [0.25, 0.3) is 0 Å². The van der Waals surface area contributed by atoms with Gasteiger partial charge in [0.2, 0.25) is 0 Å². The topological polar surface area (TPSA) is 123 Å². The number of hydrogen-bond donors (Lipinski definition) is 0.